The predicted octanol–water partition coefficient (Wildman–Crippen LogP) is 5.17. The Bertz CT molecular complexity index is 1800. The Morgan fingerprint density at radius 3 is 2.52 bits per heavy atom. The highest BCUT2D eigenvalue weighted by Gasteiger charge is 2.31. The summed E-state index contributed by atoms with van der Waals surface area (Å²) in [6.07, 6.45) is -4.00. The first kappa shape index (κ1) is 25.2. The molecule has 0 saturated carbocycles. The lowest BCUT2D eigenvalue weighted by molar-refractivity contribution is -0.137. The summed E-state index contributed by atoms with van der Waals surface area (Å²) < 4.78 is 41.1. The predicted molar refractivity (Wildman–Crippen MR) is 144 cm³/mol. The van der Waals surface area contributed by atoms with Gasteiger partial charge in [0.1, 0.15) is 0 Å². The van der Waals surface area contributed by atoms with Gasteiger partial charge in [0, 0.05) is 19.5 Å². The van der Waals surface area contributed by atoms with Gasteiger partial charge in [0.05, 0.1) is 51.7 Å². The summed E-state index contributed by atoms with van der Waals surface area (Å²) in [4.78, 5) is 28.0. The number of aromatic amines is 1. The Morgan fingerprint density at radius 1 is 1.02 bits per heavy atom. The summed E-state index contributed by atoms with van der Waals surface area (Å²) >= 11 is 0. The average molecular weight is 542 g/mol. The lowest BCUT2D eigenvalue weighted by Crippen LogP contribution is -2.39. The molecule has 0 atom stereocenters. The Hall–Kier alpha value is -5.11. The largest absolute Gasteiger partial charge is 0.416 e. The van der Waals surface area contributed by atoms with Crippen LogP contribution in [0.2, 0.25) is 0 Å². The number of nitrogens with zero attached hydrogens (tertiary/aromatic N) is 5. The van der Waals surface area contributed by atoms with Crippen LogP contribution < -0.4 is 15.8 Å². The van der Waals surface area contributed by atoms with Crippen LogP contribution in [0.25, 0.3) is 16.7 Å². The van der Waals surface area contributed by atoms with Gasteiger partial charge in [-0.05, 0) is 48.0 Å². The van der Waals surface area contributed by atoms with E-state index in [9.17, 15) is 18.0 Å². The Balaban J connectivity index is 1.34. The van der Waals surface area contributed by atoms with Crippen LogP contribution in [0.5, 0.6) is 0 Å². The van der Waals surface area contributed by atoms with Crippen LogP contribution in [0.4, 0.5) is 25.1 Å². The average Bonchev–Trinajstić information content (AvgIpc) is 3.40. The van der Waals surface area contributed by atoms with Crippen LogP contribution in [-0.4, -0.2) is 26.1 Å². The van der Waals surface area contributed by atoms with Gasteiger partial charge in [0.2, 0.25) is 11.9 Å². The maximum Gasteiger partial charge on any atom is 0.416 e. The van der Waals surface area contributed by atoms with E-state index in [1.807, 2.05) is 47.4 Å². The zero-order chi connectivity index (χ0) is 27.9. The van der Waals surface area contributed by atoms with Crippen LogP contribution in [0, 0.1) is 11.3 Å². The molecule has 0 saturated heterocycles. The van der Waals surface area contributed by atoms with Crippen molar-refractivity contribution in [1.29, 1.82) is 5.26 Å². The van der Waals surface area contributed by atoms with Crippen molar-refractivity contribution < 1.29 is 13.2 Å². The number of hydrogen-bond donors (Lipinski definition) is 2. The molecule has 200 valence electrons. The molecule has 8 nitrogen and oxygen atoms in total. The van der Waals surface area contributed by atoms with E-state index in [0.717, 1.165) is 17.7 Å². The van der Waals surface area contributed by atoms with Gasteiger partial charge < -0.3 is 15.2 Å². The minimum absolute atomic E-state index is 0.204. The number of hydrogen-bond acceptors (Lipinski definition) is 6. The number of imidazole rings is 1. The highest BCUT2D eigenvalue weighted by Crippen LogP contribution is 2.32. The molecule has 2 N–H and O–H groups in total. The first-order chi connectivity index (χ1) is 19.3. The van der Waals surface area contributed by atoms with Gasteiger partial charge >= 0.3 is 6.18 Å². The second-order valence-corrected chi connectivity index (χ2v) is 9.46. The second kappa shape index (κ2) is 9.89. The molecular weight excluding hydrogens is 519 g/mol. The molecule has 1 aliphatic rings. The maximum atomic E-state index is 13.9. The summed E-state index contributed by atoms with van der Waals surface area (Å²) in [7, 11) is 0. The molecular formula is C29H22F3N7O. The number of nitriles is 1. The van der Waals surface area contributed by atoms with Crippen molar-refractivity contribution in [3.63, 3.8) is 0 Å². The molecule has 0 spiro atoms. The molecule has 5 aromatic rings. The van der Waals surface area contributed by atoms with Crippen molar-refractivity contribution in [3.8, 4) is 11.8 Å². The Morgan fingerprint density at radius 2 is 1.80 bits per heavy atom. The minimum Gasteiger partial charge on any atom is -0.351 e. The summed E-state index contributed by atoms with van der Waals surface area (Å²) in [6, 6.07) is 21.8. The Kier molecular flexibility index (Phi) is 6.23. The minimum atomic E-state index is -4.45. The van der Waals surface area contributed by atoms with E-state index in [0.29, 0.717) is 59.4 Å². The molecule has 1 aliphatic heterocycles. The summed E-state index contributed by atoms with van der Waals surface area (Å²) in [5, 5.41) is 12.3. The molecule has 0 radical (unpaired) electrons. The first-order valence-electron chi connectivity index (χ1n) is 12.6. The third-order valence-corrected chi connectivity index (χ3v) is 6.87. The van der Waals surface area contributed by atoms with E-state index in [4.69, 9.17) is 10.2 Å². The van der Waals surface area contributed by atoms with E-state index < -0.39 is 11.7 Å². The van der Waals surface area contributed by atoms with Crippen molar-refractivity contribution in [1.82, 2.24) is 19.5 Å². The van der Waals surface area contributed by atoms with E-state index in [2.05, 4.69) is 21.4 Å². The quantitative estimate of drug-likeness (QED) is 0.318. The highest BCUT2D eigenvalue weighted by molar-refractivity contribution is 5.78. The zero-order valence-corrected chi connectivity index (χ0v) is 21.0. The van der Waals surface area contributed by atoms with Gasteiger partial charge in [-0.2, -0.15) is 18.4 Å². The summed E-state index contributed by atoms with van der Waals surface area (Å²) in [5.74, 6) is 0.796. The van der Waals surface area contributed by atoms with E-state index in [-0.39, 0.29) is 17.6 Å². The molecule has 0 bridgehead atoms. The van der Waals surface area contributed by atoms with Gasteiger partial charge in [-0.15, -0.1) is 0 Å². The molecule has 11 heteroatoms. The van der Waals surface area contributed by atoms with Crippen LogP contribution in [-0.2, 0) is 25.7 Å². The molecule has 6 rings (SSSR count). The van der Waals surface area contributed by atoms with Crippen molar-refractivity contribution in [2.45, 2.75) is 25.7 Å². The maximum absolute atomic E-state index is 13.9. The first-order valence-corrected chi connectivity index (χ1v) is 12.6. The van der Waals surface area contributed by atoms with Gasteiger partial charge in [-0.25, -0.2) is 14.5 Å². The van der Waals surface area contributed by atoms with E-state index in [1.165, 1.54) is 10.6 Å². The topological polar surface area (TPSA) is 103 Å². The van der Waals surface area contributed by atoms with Crippen LogP contribution in [0.3, 0.4) is 0 Å². The van der Waals surface area contributed by atoms with Crippen molar-refractivity contribution in [3.05, 3.63) is 111 Å². The number of H-pyrrole nitrogens is 1. The fourth-order valence-electron chi connectivity index (χ4n) is 4.79. The summed E-state index contributed by atoms with van der Waals surface area (Å²) in [6.45, 7) is 1.08. The second-order valence-electron chi connectivity index (χ2n) is 9.46. The van der Waals surface area contributed by atoms with Crippen molar-refractivity contribution >= 4 is 22.9 Å². The number of nitrogens with one attached hydrogen (secondary N) is 2. The molecule has 0 aliphatic carbocycles. The van der Waals surface area contributed by atoms with Gasteiger partial charge in [-0.1, -0.05) is 30.3 Å². The zero-order valence-electron chi connectivity index (χ0n) is 21.0. The van der Waals surface area contributed by atoms with E-state index >= 15 is 0 Å². The number of para-hydroxylation sites is 1. The molecule has 0 amide bonds. The Labute approximate surface area is 226 Å². The third kappa shape index (κ3) is 4.75. The van der Waals surface area contributed by atoms with Crippen LogP contribution in [0.15, 0.2) is 77.6 Å². The molecule has 0 fully saturated rings. The molecule has 0 unspecified atom stereocenters. The number of halogens is 3. The smallest absolute Gasteiger partial charge is 0.351 e. The number of anilines is 2. The highest BCUT2D eigenvalue weighted by atomic mass is 19.4. The lowest BCUT2D eigenvalue weighted by Gasteiger charge is -2.28. The third-order valence-electron chi connectivity index (χ3n) is 6.87. The summed E-state index contributed by atoms with van der Waals surface area (Å²) in [5.41, 5.74) is 2.98. The molecule has 3 aromatic carbocycles. The standard InChI is InChI=1S/C29H22F3N7O/c30-29(31,32)20-10-11-24-25(14-20)37-28(36-24)38-13-12-23-22(17-38)26(40)39(21-4-2-1-3-5-21)27(35-23)34-16-19-8-6-18(15-33)7-9-19/h1-11,14H,12-13,16-17H2,(H,34,35)(H,36,37). The SMILES string of the molecule is N#Cc1ccc(CNc2nc3c(c(=O)n2-c2ccccc2)CN(c2nc4ccc(C(F)(F)F)cc4[nH]2)CC3)cc1. The fourth-order valence-corrected chi connectivity index (χ4v) is 4.79. The molecule has 40 heavy (non-hydrogen) atoms. The number of rotatable bonds is 5. The normalized spacial score (nSPS) is 13.2. The number of aromatic nitrogens is 4. The van der Waals surface area contributed by atoms with Crippen LogP contribution in [0.1, 0.15) is 27.9 Å². The van der Waals surface area contributed by atoms with Gasteiger partial charge in [-0.3, -0.25) is 4.79 Å². The van der Waals surface area contributed by atoms with Gasteiger partial charge in [0.15, 0.2) is 0 Å². The molecule has 2 aromatic heterocycles. The van der Waals surface area contributed by atoms with Crippen molar-refractivity contribution in [2.75, 3.05) is 16.8 Å². The number of alkyl halides is 3. The fraction of sp³-hybridized carbons (Fsp3) is 0.172. The number of benzene rings is 3. The van der Waals surface area contributed by atoms with Crippen molar-refractivity contribution in [2.24, 2.45) is 0 Å². The monoisotopic (exact) mass is 541 g/mol. The molecule has 3 heterocycles. The van der Waals surface area contributed by atoms with E-state index in [1.54, 1.807) is 12.1 Å². The number of fused-ring (bicyclic) bond motifs is 2. The lowest BCUT2D eigenvalue weighted by atomic mass is 10.1. The van der Waals surface area contributed by atoms with Gasteiger partial charge in [0.25, 0.3) is 5.56 Å². The van der Waals surface area contributed by atoms with Crippen LogP contribution >= 0.6 is 0 Å².